The molecule has 4 nitrogen and oxygen atoms in total. The lowest BCUT2D eigenvalue weighted by atomic mass is 10.1. The fourth-order valence-electron chi connectivity index (χ4n) is 2.14. The molecule has 1 N–H and O–H groups in total. The smallest absolute Gasteiger partial charge is 0.144 e. The molecule has 1 aliphatic carbocycles. The van der Waals surface area contributed by atoms with Gasteiger partial charge in [-0.1, -0.05) is 18.2 Å². The first-order valence-corrected chi connectivity index (χ1v) is 6.81. The van der Waals surface area contributed by atoms with Gasteiger partial charge in [-0.15, -0.1) is 0 Å². The van der Waals surface area contributed by atoms with E-state index >= 15 is 0 Å². The molecule has 0 bridgehead atoms. The fraction of sp³-hybridized carbons (Fsp3) is 0.294. The largest absolute Gasteiger partial charge is 0.487 e. The van der Waals surface area contributed by atoms with Crippen LogP contribution in [0.1, 0.15) is 23.2 Å². The highest BCUT2D eigenvalue weighted by Crippen LogP contribution is 2.25. The zero-order valence-electron chi connectivity index (χ0n) is 12.3. The van der Waals surface area contributed by atoms with Crippen molar-refractivity contribution in [3.63, 3.8) is 0 Å². The predicted octanol–water partition coefficient (Wildman–Crippen LogP) is 2.91. The highest BCUT2D eigenvalue weighted by molar-refractivity contribution is 5.42. The highest BCUT2D eigenvalue weighted by Gasteiger charge is 2.10. The number of nitrogens with zero attached hydrogens (tertiary/aromatic N) is 2. The topological polar surface area (TPSA) is 66.1 Å². The lowest BCUT2D eigenvalue weighted by Gasteiger charge is -2.14. The SMILES string of the molecule is Cc1ncc(CO)c(C)c1OCC1=CCC=C(C#N)C=C1. The first kappa shape index (κ1) is 15.0. The standard InChI is InChI=1S/C17H18N2O2/c1-12-16(10-20)9-19-13(2)17(12)21-11-15-5-3-4-14(8-18)6-7-15/h4-7,9,20H,3,10-11H2,1-2H3. The summed E-state index contributed by atoms with van der Waals surface area (Å²) in [6, 6.07) is 2.13. The number of aliphatic hydroxyl groups is 1. The summed E-state index contributed by atoms with van der Waals surface area (Å²) < 4.78 is 5.87. The monoisotopic (exact) mass is 282 g/mol. The highest BCUT2D eigenvalue weighted by atomic mass is 16.5. The zero-order chi connectivity index (χ0) is 15.2. The lowest BCUT2D eigenvalue weighted by Crippen LogP contribution is -2.05. The van der Waals surface area contributed by atoms with Crippen LogP contribution in [-0.4, -0.2) is 16.7 Å². The molecule has 0 atom stereocenters. The summed E-state index contributed by atoms with van der Waals surface area (Å²) in [4.78, 5) is 4.24. The van der Waals surface area contributed by atoms with Crippen molar-refractivity contribution in [3.05, 3.63) is 58.5 Å². The number of pyridine rings is 1. The van der Waals surface area contributed by atoms with Crippen molar-refractivity contribution in [2.45, 2.75) is 26.9 Å². The van der Waals surface area contributed by atoms with Crippen molar-refractivity contribution in [1.82, 2.24) is 4.98 Å². The third-order valence-corrected chi connectivity index (χ3v) is 3.44. The molecule has 2 rings (SSSR count). The van der Waals surface area contributed by atoms with Crippen LogP contribution < -0.4 is 4.74 Å². The average Bonchev–Trinajstić information content (AvgIpc) is 2.72. The molecule has 0 aliphatic heterocycles. The van der Waals surface area contributed by atoms with Crippen LogP contribution in [0.3, 0.4) is 0 Å². The van der Waals surface area contributed by atoms with E-state index in [4.69, 9.17) is 10.00 Å². The molecule has 21 heavy (non-hydrogen) atoms. The van der Waals surface area contributed by atoms with Gasteiger partial charge in [-0.05, 0) is 37.5 Å². The number of allylic oxidation sites excluding steroid dienone is 4. The predicted molar refractivity (Wildman–Crippen MR) is 80.7 cm³/mol. The molecular weight excluding hydrogens is 264 g/mol. The Kier molecular flexibility index (Phi) is 4.91. The first-order valence-electron chi connectivity index (χ1n) is 6.81. The minimum absolute atomic E-state index is 0.0481. The summed E-state index contributed by atoms with van der Waals surface area (Å²) in [5, 5.41) is 18.2. The second-order valence-electron chi connectivity index (χ2n) is 4.89. The van der Waals surface area contributed by atoms with Crippen molar-refractivity contribution < 1.29 is 9.84 Å². The summed E-state index contributed by atoms with van der Waals surface area (Å²) >= 11 is 0. The summed E-state index contributed by atoms with van der Waals surface area (Å²) in [5.74, 6) is 0.716. The molecule has 1 aromatic rings. The van der Waals surface area contributed by atoms with Crippen LogP contribution in [-0.2, 0) is 6.61 Å². The minimum atomic E-state index is -0.0481. The summed E-state index contributed by atoms with van der Waals surface area (Å²) in [5.41, 5.74) is 4.18. The molecule has 108 valence electrons. The van der Waals surface area contributed by atoms with Crippen LogP contribution >= 0.6 is 0 Å². The zero-order valence-corrected chi connectivity index (χ0v) is 12.3. The van der Waals surface area contributed by atoms with Gasteiger partial charge in [0, 0.05) is 17.3 Å². The molecular formula is C17H18N2O2. The second-order valence-corrected chi connectivity index (χ2v) is 4.89. The average molecular weight is 282 g/mol. The number of aliphatic hydroxyl groups excluding tert-OH is 1. The lowest BCUT2D eigenvalue weighted by molar-refractivity contribution is 0.278. The van der Waals surface area contributed by atoms with E-state index in [1.807, 2.05) is 32.1 Å². The van der Waals surface area contributed by atoms with Gasteiger partial charge in [0.15, 0.2) is 0 Å². The van der Waals surface area contributed by atoms with E-state index in [1.54, 1.807) is 12.3 Å². The van der Waals surface area contributed by atoms with Gasteiger partial charge in [-0.2, -0.15) is 5.26 Å². The minimum Gasteiger partial charge on any atom is -0.487 e. The van der Waals surface area contributed by atoms with Crippen LogP contribution in [0.4, 0.5) is 0 Å². The maximum atomic E-state index is 9.29. The summed E-state index contributed by atoms with van der Waals surface area (Å²) in [7, 11) is 0. The normalized spacial score (nSPS) is 14.0. The van der Waals surface area contributed by atoms with Crippen molar-refractivity contribution in [3.8, 4) is 11.8 Å². The van der Waals surface area contributed by atoms with Crippen LogP contribution in [0.5, 0.6) is 5.75 Å². The number of aromatic nitrogens is 1. The molecule has 1 aliphatic rings. The van der Waals surface area contributed by atoms with E-state index < -0.39 is 0 Å². The third kappa shape index (κ3) is 3.59. The van der Waals surface area contributed by atoms with Gasteiger partial charge in [0.25, 0.3) is 0 Å². The molecule has 1 heterocycles. The van der Waals surface area contributed by atoms with E-state index in [0.717, 1.165) is 28.8 Å². The number of aryl methyl sites for hydroxylation is 1. The number of nitriles is 1. The number of hydrogen-bond acceptors (Lipinski definition) is 4. The molecule has 1 aromatic heterocycles. The quantitative estimate of drug-likeness (QED) is 0.922. The van der Waals surface area contributed by atoms with Gasteiger partial charge in [0.2, 0.25) is 0 Å². The van der Waals surface area contributed by atoms with Gasteiger partial charge in [0.1, 0.15) is 12.4 Å². The van der Waals surface area contributed by atoms with Gasteiger partial charge >= 0.3 is 0 Å². The molecule has 0 amide bonds. The Bertz CT molecular complexity index is 664. The number of ether oxygens (including phenoxy) is 1. The van der Waals surface area contributed by atoms with E-state index in [1.165, 1.54) is 0 Å². The Balaban J connectivity index is 2.11. The molecule has 0 radical (unpaired) electrons. The summed E-state index contributed by atoms with van der Waals surface area (Å²) in [6.45, 7) is 4.17. The Morgan fingerprint density at radius 3 is 2.86 bits per heavy atom. The summed E-state index contributed by atoms with van der Waals surface area (Å²) in [6.07, 6.45) is 10.0. The van der Waals surface area contributed by atoms with Gasteiger partial charge in [-0.3, -0.25) is 4.98 Å². The van der Waals surface area contributed by atoms with Crippen molar-refractivity contribution >= 4 is 0 Å². The third-order valence-electron chi connectivity index (χ3n) is 3.44. The van der Waals surface area contributed by atoms with E-state index in [2.05, 4.69) is 11.1 Å². The molecule has 0 saturated heterocycles. The van der Waals surface area contributed by atoms with Gasteiger partial charge in [0.05, 0.1) is 18.4 Å². The van der Waals surface area contributed by atoms with Crippen molar-refractivity contribution in [2.24, 2.45) is 0 Å². The van der Waals surface area contributed by atoms with Crippen LogP contribution in [0.15, 0.2) is 41.6 Å². The van der Waals surface area contributed by atoms with E-state index in [0.29, 0.717) is 17.9 Å². The number of hydrogen-bond donors (Lipinski definition) is 1. The Morgan fingerprint density at radius 1 is 1.33 bits per heavy atom. The first-order chi connectivity index (χ1) is 10.2. The van der Waals surface area contributed by atoms with Gasteiger partial charge < -0.3 is 9.84 Å². The van der Waals surface area contributed by atoms with Crippen LogP contribution in [0.2, 0.25) is 0 Å². The molecule has 4 heteroatoms. The van der Waals surface area contributed by atoms with Crippen LogP contribution in [0, 0.1) is 25.2 Å². The Labute approximate surface area is 124 Å². The van der Waals surface area contributed by atoms with Crippen molar-refractivity contribution in [1.29, 1.82) is 5.26 Å². The maximum Gasteiger partial charge on any atom is 0.144 e. The van der Waals surface area contributed by atoms with Crippen molar-refractivity contribution in [2.75, 3.05) is 6.61 Å². The number of rotatable bonds is 4. The Morgan fingerprint density at radius 2 is 2.14 bits per heavy atom. The molecule has 0 fully saturated rings. The molecule has 0 spiro atoms. The maximum absolute atomic E-state index is 9.29. The molecule has 0 saturated carbocycles. The van der Waals surface area contributed by atoms with E-state index in [9.17, 15) is 5.11 Å². The molecule has 0 aromatic carbocycles. The van der Waals surface area contributed by atoms with Gasteiger partial charge in [-0.25, -0.2) is 0 Å². The Hall–Kier alpha value is -2.38. The second kappa shape index (κ2) is 6.87. The molecule has 0 unspecified atom stereocenters. The van der Waals surface area contributed by atoms with E-state index in [-0.39, 0.29) is 6.61 Å². The fourth-order valence-corrected chi connectivity index (χ4v) is 2.14. The van der Waals surface area contributed by atoms with Crippen LogP contribution in [0.25, 0.3) is 0 Å².